The van der Waals surface area contributed by atoms with E-state index in [1.807, 2.05) is 0 Å². The van der Waals surface area contributed by atoms with Crippen molar-refractivity contribution in [2.24, 2.45) is 0 Å². The van der Waals surface area contributed by atoms with E-state index in [-0.39, 0.29) is 24.9 Å². The number of nitrogens with zero attached hydrogens (tertiary/aromatic N) is 2. The molecule has 0 saturated heterocycles. The molecule has 1 heterocycles. The van der Waals surface area contributed by atoms with Crippen molar-refractivity contribution in [3.63, 3.8) is 0 Å². The van der Waals surface area contributed by atoms with Gasteiger partial charge >= 0.3 is 6.18 Å². The highest BCUT2D eigenvalue weighted by atomic mass is 19.4. The summed E-state index contributed by atoms with van der Waals surface area (Å²) >= 11 is 0. The van der Waals surface area contributed by atoms with E-state index in [0.717, 1.165) is 37.9 Å². The standard InChI is InChI=1S/C13H18F3N3O/c14-13(15,16)12-7-11(10(17)8-18-12)19(5-6-20)9-3-1-2-4-9/h7-9,20H,1-6,17H2. The van der Waals surface area contributed by atoms with Crippen molar-refractivity contribution >= 4 is 11.4 Å². The highest BCUT2D eigenvalue weighted by Crippen LogP contribution is 2.35. The Morgan fingerprint density at radius 2 is 2.00 bits per heavy atom. The normalized spacial score (nSPS) is 16.6. The average molecular weight is 289 g/mol. The molecule has 20 heavy (non-hydrogen) atoms. The number of hydrogen-bond acceptors (Lipinski definition) is 4. The zero-order chi connectivity index (χ0) is 14.8. The summed E-state index contributed by atoms with van der Waals surface area (Å²) in [4.78, 5) is 5.12. The number of pyridine rings is 1. The Morgan fingerprint density at radius 1 is 1.35 bits per heavy atom. The fraction of sp³-hybridized carbons (Fsp3) is 0.615. The van der Waals surface area contributed by atoms with Crippen LogP contribution >= 0.6 is 0 Å². The molecule has 3 N–H and O–H groups in total. The maximum Gasteiger partial charge on any atom is 0.433 e. The van der Waals surface area contributed by atoms with Gasteiger partial charge in [-0.15, -0.1) is 0 Å². The van der Waals surface area contributed by atoms with E-state index in [1.165, 1.54) is 0 Å². The predicted octanol–water partition coefficient (Wildman–Crippen LogP) is 2.42. The summed E-state index contributed by atoms with van der Waals surface area (Å²) in [7, 11) is 0. The second-order valence-corrected chi connectivity index (χ2v) is 4.98. The van der Waals surface area contributed by atoms with E-state index < -0.39 is 11.9 Å². The number of halogens is 3. The topological polar surface area (TPSA) is 62.4 Å². The predicted molar refractivity (Wildman–Crippen MR) is 70.3 cm³/mol. The molecule has 1 aromatic rings. The fourth-order valence-corrected chi connectivity index (χ4v) is 2.68. The minimum atomic E-state index is -4.50. The maximum absolute atomic E-state index is 12.8. The summed E-state index contributed by atoms with van der Waals surface area (Å²) in [6.45, 7) is 0.149. The largest absolute Gasteiger partial charge is 0.433 e. The first kappa shape index (κ1) is 14.9. The summed E-state index contributed by atoms with van der Waals surface area (Å²) in [6.07, 6.45) is 0.445. The quantitative estimate of drug-likeness (QED) is 0.893. The minimum Gasteiger partial charge on any atom is -0.396 e. The van der Waals surface area contributed by atoms with Gasteiger partial charge in [0, 0.05) is 12.6 Å². The zero-order valence-electron chi connectivity index (χ0n) is 11.0. The van der Waals surface area contributed by atoms with Crippen molar-refractivity contribution in [2.75, 3.05) is 23.8 Å². The Bertz CT molecular complexity index is 459. The number of nitrogens with two attached hydrogens (primary N) is 1. The van der Waals surface area contributed by atoms with Gasteiger partial charge in [-0.2, -0.15) is 13.2 Å². The van der Waals surface area contributed by atoms with Gasteiger partial charge in [-0.25, -0.2) is 4.98 Å². The van der Waals surface area contributed by atoms with Crippen molar-refractivity contribution in [2.45, 2.75) is 37.9 Å². The Kier molecular flexibility index (Phi) is 4.37. The Morgan fingerprint density at radius 3 is 2.55 bits per heavy atom. The first-order valence-electron chi connectivity index (χ1n) is 6.63. The van der Waals surface area contributed by atoms with Crippen LogP contribution < -0.4 is 10.6 Å². The van der Waals surface area contributed by atoms with E-state index in [1.54, 1.807) is 4.90 Å². The minimum absolute atomic E-state index is 0.125. The second kappa shape index (κ2) is 5.87. The van der Waals surface area contributed by atoms with E-state index in [2.05, 4.69) is 4.98 Å². The van der Waals surface area contributed by atoms with Gasteiger partial charge in [0.25, 0.3) is 0 Å². The fourth-order valence-electron chi connectivity index (χ4n) is 2.68. The molecule has 1 aliphatic rings. The molecule has 0 radical (unpaired) electrons. The van der Waals surface area contributed by atoms with Gasteiger partial charge < -0.3 is 15.7 Å². The first-order valence-corrected chi connectivity index (χ1v) is 6.63. The van der Waals surface area contributed by atoms with Gasteiger partial charge in [0.1, 0.15) is 5.69 Å². The lowest BCUT2D eigenvalue weighted by Crippen LogP contribution is -2.36. The van der Waals surface area contributed by atoms with Crippen LogP contribution in [0.2, 0.25) is 0 Å². The van der Waals surface area contributed by atoms with E-state index in [0.29, 0.717) is 5.69 Å². The molecule has 0 bridgehead atoms. The zero-order valence-corrected chi connectivity index (χ0v) is 11.0. The number of aliphatic hydroxyl groups excluding tert-OH is 1. The Balaban J connectivity index is 2.36. The third kappa shape index (κ3) is 3.15. The van der Waals surface area contributed by atoms with Crippen molar-refractivity contribution in [1.29, 1.82) is 0 Å². The molecule has 7 heteroatoms. The van der Waals surface area contributed by atoms with E-state index >= 15 is 0 Å². The van der Waals surface area contributed by atoms with Crippen molar-refractivity contribution < 1.29 is 18.3 Å². The van der Waals surface area contributed by atoms with Crippen molar-refractivity contribution in [3.8, 4) is 0 Å². The third-order valence-electron chi connectivity index (χ3n) is 3.62. The van der Waals surface area contributed by atoms with Crippen LogP contribution in [0.1, 0.15) is 31.4 Å². The van der Waals surface area contributed by atoms with Crippen LogP contribution in [0.4, 0.5) is 24.5 Å². The van der Waals surface area contributed by atoms with Crippen molar-refractivity contribution in [1.82, 2.24) is 4.98 Å². The SMILES string of the molecule is Nc1cnc(C(F)(F)F)cc1N(CCO)C1CCCC1. The third-order valence-corrected chi connectivity index (χ3v) is 3.62. The Labute approximate surface area is 115 Å². The summed E-state index contributed by atoms with van der Waals surface area (Å²) in [5, 5.41) is 9.16. The molecule has 1 fully saturated rings. The maximum atomic E-state index is 12.8. The molecule has 2 rings (SSSR count). The summed E-state index contributed by atoms with van der Waals surface area (Å²) < 4.78 is 38.3. The molecule has 0 unspecified atom stereocenters. The first-order chi connectivity index (χ1) is 9.43. The molecule has 1 aromatic heterocycles. The lowest BCUT2D eigenvalue weighted by atomic mass is 10.1. The number of rotatable bonds is 4. The van der Waals surface area contributed by atoms with Gasteiger partial charge in [-0.05, 0) is 18.9 Å². The van der Waals surface area contributed by atoms with Crippen LogP contribution in [0.5, 0.6) is 0 Å². The summed E-state index contributed by atoms with van der Waals surface area (Å²) in [6, 6.07) is 1.11. The van der Waals surface area contributed by atoms with Gasteiger partial charge in [-0.1, -0.05) is 12.8 Å². The van der Waals surface area contributed by atoms with Crippen LogP contribution in [0.15, 0.2) is 12.3 Å². The van der Waals surface area contributed by atoms with Gasteiger partial charge in [0.2, 0.25) is 0 Å². The van der Waals surface area contributed by atoms with Crippen LogP contribution in [0, 0.1) is 0 Å². The van der Waals surface area contributed by atoms with E-state index in [9.17, 15) is 13.2 Å². The number of nitrogen functional groups attached to an aromatic ring is 1. The lowest BCUT2D eigenvalue weighted by molar-refractivity contribution is -0.141. The Hall–Kier alpha value is -1.50. The van der Waals surface area contributed by atoms with Gasteiger partial charge in [-0.3, -0.25) is 0 Å². The number of anilines is 2. The van der Waals surface area contributed by atoms with Crippen LogP contribution in [-0.2, 0) is 6.18 Å². The molecule has 0 atom stereocenters. The highest BCUT2D eigenvalue weighted by molar-refractivity contribution is 5.67. The van der Waals surface area contributed by atoms with Gasteiger partial charge in [0.15, 0.2) is 0 Å². The second-order valence-electron chi connectivity index (χ2n) is 4.98. The highest BCUT2D eigenvalue weighted by Gasteiger charge is 2.34. The van der Waals surface area contributed by atoms with Crippen molar-refractivity contribution in [3.05, 3.63) is 18.0 Å². The van der Waals surface area contributed by atoms with E-state index in [4.69, 9.17) is 10.8 Å². The molecule has 0 spiro atoms. The lowest BCUT2D eigenvalue weighted by Gasteiger charge is -2.31. The number of aromatic nitrogens is 1. The molecular weight excluding hydrogens is 271 g/mol. The molecule has 1 saturated carbocycles. The van der Waals surface area contributed by atoms with Crippen LogP contribution in [0.3, 0.4) is 0 Å². The molecule has 0 aromatic carbocycles. The summed E-state index contributed by atoms with van der Waals surface area (Å²) in [5.41, 5.74) is 5.34. The molecule has 112 valence electrons. The molecule has 0 aliphatic heterocycles. The molecule has 4 nitrogen and oxygen atoms in total. The molecule has 1 aliphatic carbocycles. The van der Waals surface area contributed by atoms with Crippen LogP contribution in [-0.4, -0.2) is 29.3 Å². The smallest absolute Gasteiger partial charge is 0.396 e. The number of aliphatic hydroxyl groups is 1. The summed E-state index contributed by atoms with van der Waals surface area (Å²) in [5.74, 6) is 0. The molecular formula is C13H18F3N3O. The monoisotopic (exact) mass is 289 g/mol. The number of alkyl halides is 3. The number of hydrogen-bond donors (Lipinski definition) is 2. The van der Waals surface area contributed by atoms with Gasteiger partial charge in [0.05, 0.1) is 24.2 Å². The average Bonchev–Trinajstić information content (AvgIpc) is 2.89. The molecule has 0 amide bonds. The van der Waals surface area contributed by atoms with Crippen LogP contribution in [0.25, 0.3) is 0 Å².